The SMILES string of the molecule is COC(=O)c1ccc2c(C(=Nc3ccc(N(C)C(=O)CN4CCN(C)CC4)cc3)c3ccccc3)c(O)n(N=O)c2c1. The van der Waals surface area contributed by atoms with Gasteiger partial charge in [0.15, 0.2) is 0 Å². The number of aromatic hydroxyl groups is 1. The second-order valence-electron chi connectivity index (χ2n) is 10.2. The maximum absolute atomic E-state index is 13.0. The first-order valence-corrected chi connectivity index (χ1v) is 13.5. The number of aromatic nitrogens is 1. The number of carbonyl (C=O) groups is 2. The Morgan fingerprint density at radius 1 is 0.952 bits per heavy atom. The third-order valence-electron chi connectivity index (χ3n) is 7.51. The second kappa shape index (κ2) is 12.3. The lowest BCUT2D eigenvalue weighted by Crippen LogP contribution is -2.48. The highest BCUT2D eigenvalue weighted by Crippen LogP contribution is 2.35. The van der Waals surface area contributed by atoms with Crippen molar-refractivity contribution in [1.29, 1.82) is 0 Å². The van der Waals surface area contributed by atoms with Gasteiger partial charge in [-0.25, -0.2) is 9.79 Å². The molecule has 0 radical (unpaired) electrons. The van der Waals surface area contributed by atoms with Crippen LogP contribution in [0.4, 0.5) is 11.4 Å². The topological polar surface area (TPSA) is 120 Å². The van der Waals surface area contributed by atoms with Crippen molar-refractivity contribution in [3.05, 3.63) is 94.4 Å². The Labute approximate surface area is 243 Å². The monoisotopic (exact) mass is 568 g/mol. The number of rotatable bonds is 8. The van der Waals surface area contributed by atoms with Gasteiger partial charge in [0.05, 0.1) is 47.0 Å². The molecule has 42 heavy (non-hydrogen) atoms. The summed E-state index contributed by atoms with van der Waals surface area (Å²) in [5.41, 5.74) is 3.13. The number of methoxy groups -OCH3 is 1. The molecule has 0 bridgehead atoms. The zero-order valence-corrected chi connectivity index (χ0v) is 23.7. The summed E-state index contributed by atoms with van der Waals surface area (Å²) in [6.07, 6.45) is 0. The van der Waals surface area contributed by atoms with Crippen molar-refractivity contribution in [3.8, 4) is 5.88 Å². The Balaban J connectivity index is 1.50. The van der Waals surface area contributed by atoms with Gasteiger partial charge in [0.2, 0.25) is 11.8 Å². The Kier molecular flexibility index (Phi) is 8.41. The van der Waals surface area contributed by atoms with Gasteiger partial charge in [-0.15, -0.1) is 4.91 Å². The molecular weight excluding hydrogens is 536 g/mol. The largest absolute Gasteiger partial charge is 0.493 e. The number of nitroso groups, excluding NO2 is 1. The van der Waals surface area contributed by atoms with E-state index in [1.165, 1.54) is 13.2 Å². The van der Waals surface area contributed by atoms with E-state index in [2.05, 4.69) is 22.1 Å². The Morgan fingerprint density at radius 2 is 1.64 bits per heavy atom. The molecule has 216 valence electrons. The van der Waals surface area contributed by atoms with Gasteiger partial charge < -0.3 is 19.6 Å². The van der Waals surface area contributed by atoms with Crippen LogP contribution in [0.5, 0.6) is 5.88 Å². The standard InChI is InChI=1S/C31H32N6O5/c1-34-15-17-36(18-16-34)20-27(38)35(2)24-12-10-23(11-13-24)32-29(21-7-5-4-6-8-21)28-25-14-9-22(31(40)42-3)19-26(25)37(33-41)30(28)39/h4-14,19,39H,15-18,20H2,1-3H3. The molecule has 0 unspecified atom stereocenters. The summed E-state index contributed by atoms with van der Waals surface area (Å²) >= 11 is 0. The number of fused-ring (bicyclic) bond motifs is 1. The molecule has 0 saturated carbocycles. The van der Waals surface area contributed by atoms with Gasteiger partial charge in [-0.3, -0.25) is 9.69 Å². The summed E-state index contributed by atoms with van der Waals surface area (Å²) in [4.78, 5) is 47.8. The molecule has 0 atom stereocenters. The van der Waals surface area contributed by atoms with E-state index in [1.807, 2.05) is 42.5 Å². The maximum atomic E-state index is 13.0. The number of ether oxygens (including phenoxy) is 1. The van der Waals surface area contributed by atoms with Crippen LogP contribution in [0.3, 0.4) is 0 Å². The lowest BCUT2D eigenvalue weighted by Gasteiger charge is -2.32. The molecule has 4 aromatic rings. The summed E-state index contributed by atoms with van der Waals surface area (Å²) in [5.74, 6) is -0.984. The minimum atomic E-state index is -0.583. The van der Waals surface area contributed by atoms with Gasteiger partial charge in [-0.1, -0.05) is 36.4 Å². The van der Waals surface area contributed by atoms with E-state index in [4.69, 9.17) is 9.73 Å². The van der Waals surface area contributed by atoms with Crippen LogP contribution in [0.25, 0.3) is 10.9 Å². The number of esters is 1. The molecule has 1 aliphatic rings. The average Bonchev–Trinajstić information content (AvgIpc) is 3.30. The number of likely N-dealkylation sites (N-methyl/N-ethyl adjacent to an activating group) is 2. The first-order valence-electron chi connectivity index (χ1n) is 13.5. The number of nitrogens with zero attached hydrogens (tertiary/aromatic N) is 6. The molecule has 1 saturated heterocycles. The predicted molar refractivity (Wildman–Crippen MR) is 162 cm³/mol. The van der Waals surface area contributed by atoms with Crippen molar-refractivity contribution in [2.75, 3.05) is 58.8 Å². The molecule has 1 amide bonds. The predicted octanol–water partition coefficient (Wildman–Crippen LogP) is 4.04. The van der Waals surface area contributed by atoms with Crippen LogP contribution in [0.15, 0.2) is 83.1 Å². The molecule has 1 aromatic heterocycles. The van der Waals surface area contributed by atoms with Crippen molar-refractivity contribution in [1.82, 2.24) is 14.5 Å². The van der Waals surface area contributed by atoms with E-state index >= 15 is 0 Å². The van der Waals surface area contributed by atoms with E-state index < -0.39 is 11.8 Å². The normalized spacial score (nSPS) is 14.6. The molecule has 1 N–H and O–H groups in total. The third kappa shape index (κ3) is 5.78. The Bertz CT molecular complexity index is 1640. The highest BCUT2D eigenvalue weighted by Gasteiger charge is 2.25. The van der Waals surface area contributed by atoms with Crippen molar-refractivity contribution >= 4 is 39.9 Å². The fraction of sp³-hybridized carbons (Fsp3) is 0.258. The number of anilines is 1. The number of benzene rings is 3. The Morgan fingerprint density at radius 3 is 2.29 bits per heavy atom. The zero-order valence-electron chi connectivity index (χ0n) is 23.7. The van der Waals surface area contributed by atoms with E-state index in [-0.39, 0.29) is 22.6 Å². The van der Waals surface area contributed by atoms with Gasteiger partial charge in [-0.05, 0) is 43.4 Å². The number of hydrogen-bond acceptors (Lipinski definition) is 9. The molecule has 3 aromatic carbocycles. The number of hydrogen-bond donors (Lipinski definition) is 1. The van der Waals surface area contributed by atoms with Crippen molar-refractivity contribution in [2.24, 2.45) is 10.3 Å². The fourth-order valence-electron chi connectivity index (χ4n) is 5.01. The molecule has 5 rings (SSSR count). The molecule has 11 heteroatoms. The van der Waals surface area contributed by atoms with Gasteiger partial charge in [0.25, 0.3) is 0 Å². The van der Waals surface area contributed by atoms with Crippen LogP contribution in [-0.4, -0.2) is 91.1 Å². The highest BCUT2D eigenvalue weighted by atomic mass is 16.5. The lowest BCUT2D eigenvalue weighted by atomic mass is 10.00. The molecule has 0 aliphatic carbocycles. The third-order valence-corrected chi connectivity index (χ3v) is 7.51. The number of carbonyl (C=O) groups excluding carboxylic acids is 2. The molecule has 0 spiro atoms. The first kappa shape index (κ1) is 28.7. The summed E-state index contributed by atoms with van der Waals surface area (Å²) in [5, 5.41) is 14.6. The second-order valence-corrected chi connectivity index (χ2v) is 10.2. The van der Waals surface area contributed by atoms with E-state index in [0.29, 0.717) is 28.9 Å². The van der Waals surface area contributed by atoms with Crippen molar-refractivity contribution in [3.63, 3.8) is 0 Å². The van der Waals surface area contributed by atoms with Crippen LogP contribution in [0, 0.1) is 4.91 Å². The Hall–Kier alpha value is -4.87. The van der Waals surface area contributed by atoms with E-state index in [1.54, 1.807) is 36.2 Å². The molecule has 2 heterocycles. The van der Waals surface area contributed by atoms with Crippen LogP contribution in [0.1, 0.15) is 21.5 Å². The lowest BCUT2D eigenvalue weighted by molar-refractivity contribution is -0.119. The van der Waals surface area contributed by atoms with Gasteiger partial charge >= 0.3 is 5.97 Å². The fourth-order valence-corrected chi connectivity index (χ4v) is 5.01. The molecule has 1 aliphatic heterocycles. The summed E-state index contributed by atoms with van der Waals surface area (Å²) in [6, 6.07) is 21.1. The average molecular weight is 569 g/mol. The first-order chi connectivity index (χ1) is 20.3. The van der Waals surface area contributed by atoms with E-state index in [9.17, 15) is 19.6 Å². The number of aliphatic imine (C=N–C) groups is 1. The van der Waals surface area contributed by atoms with Crippen molar-refractivity contribution in [2.45, 2.75) is 0 Å². The summed E-state index contributed by atoms with van der Waals surface area (Å²) in [6.45, 7) is 3.96. The van der Waals surface area contributed by atoms with Crippen molar-refractivity contribution < 1.29 is 19.4 Å². The van der Waals surface area contributed by atoms with Gasteiger partial charge in [0, 0.05) is 49.9 Å². The van der Waals surface area contributed by atoms with Crippen LogP contribution < -0.4 is 4.90 Å². The smallest absolute Gasteiger partial charge is 0.337 e. The zero-order chi connectivity index (χ0) is 29.8. The number of piperazine rings is 1. The molecule has 1 fully saturated rings. The summed E-state index contributed by atoms with van der Waals surface area (Å²) < 4.78 is 5.64. The highest BCUT2D eigenvalue weighted by molar-refractivity contribution is 6.22. The van der Waals surface area contributed by atoms with Crippen LogP contribution >= 0.6 is 0 Å². The van der Waals surface area contributed by atoms with Gasteiger partial charge in [0.1, 0.15) is 0 Å². The maximum Gasteiger partial charge on any atom is 0.337 e. The number of amides is 1. The van der Waals surface area contributed by atoms with Crippen LogP contribution in [0.2, 0.25) is 0 Å². The minimum Gasteiger partial charge on any atom is -0.493 e. The molecule has 11 nitrogen and oxygen atoms in total. The van der Waals surface area contributed by atoms with Crippen LogP contribution in [-0.2, 0) is 9.53 Å². The summed E-state index contributed by atoms with van der Waals surface area (Å²) in [7, 11) is 5.10. The quantitative estimate of drug-likeness (QED) is 0.194. The molecular formula is C31H32N6O5. The van der Waals surface area contributed by atoms with Gasteiger partial charge in [-0.2, -0.15) is 4.68 Å². The van der Waals surface area contributed by atoms with E-state index in [0.717, 1.165) is 36.5 Å². The minimum absolute atomic E-state index is 0.00574.